The van der Waals surface area contributed by atoms with Gasteiger partial charge in [0, 0.05) is 31.1 Å². The molecule has 4 aromatic rings. The number of hydrogen-bond donors (Lipinski definition) is 2. The zero-order valence-corrected chi connectivity index (χ0v) is 18.0. The van der Waals surface area contributed by atoms with Crippen molar-refractivity contribution in [3.63, 3.8) is 0 Å². The highest BCUT2D eigenvalue weighted by Gasteiger charge is 2.31. The number of fused-ring (bicyclic) bond motifs is 1. The zero-order chi connectivity index (χ0) is 24.5. The van der Waals surface area contributed by atoms with Crippen LogP contribution in [0.3, 0.4) is 0 Å². The summed E-state index contributed by atoms with van der Waals surface area (Å²) in [7, 11) is 1.48. The van der Waals surface area contributed by atoms with Crippen molar-refractivity contribution < 1.29 is 27.8 Å². The molecule has 4 aromatic heterocycles. The number of ether oxygens (including phenoxy) is 1. The highest BCUT2D eigenvalue weighted by Crippen LogP contribution is 2.31. The first-order valence-electron chi connectivity index (χ1n) is 9.51. The largest absolute Gasteiger partial charge is 0.478 e. The fourth-order valence-electron chi connectivity index (χ4n) is 3.02. The van der Waals surface area contributed by atoms with Gasteiger partial charge in [0.1, 0.15) is 5.69 Å². The topological polar surface area (TPSA) is 123 Å². The Labute approximate surface area is 194 Å². The number of hydrogen-bond acceptors (Lipinski definition) is 8. The first kappa shape index (κ1) is 23.3. The number of methoxy groups -OCH3 is 1. The van der Waals surface area contributed by atoms with E-state index in [-0.39, 0.29) is 34.5 Å². The van der Waals surface area contributed by atoms with Crippen LogP contribution < -0.4 is 5.32 Å². The van der Waals surface area contributed by atoms with Gasteiger partial charge in [-0.15, -0.1) is 0 Å². The maximum Gasteiger partial charge on any atom is 0.419 e. The van der Waals surface area contributed by atoms with E-state index in [1.807, 2.05) is 0 Å². The van der Waals surface area contributed by atoms with Crippen LogP contribution in [0.2, 0.25) is 5.02 Å². The van der Waals surface area contributed by atoms with E-state index < -0.39 is 17.7 Å². The average Bonchev–Trinajstić information content (AvgIpc) is 2.78. The van der Waals surface area contributed by atoms with Gasteiger partial charge in [-0.25, -0.2) is 24.7 Å². The number of aromatic nitrogens is 5. The number of pyridine rings is 3. The van der Waals surface area contributed by atoms with Crippen molar-refractivity contribution in [2.75, 3.05) is 12.4 Å². The summed E-state index contributed by atoms with van der Waals surface area (Å²) in [5, 5.41) is 12.6. The lowest BCUT2D eigenvalue weighted by molar-refractivity contribution is -0.138. The smallest absolute Gasteiger partial charge is 0.419 e. The van der Waals surface area contributed by atoms with Crippen LogP contribution in [0.5, 0.6) is 0 Å². The highest BCUT2D eigenvalue weighted by molar-refractivity contribution is 6.33. The third-order valence-electron chi connectivity index (χ3n) is 4.57. The van der Waals surface area contributed by atoms with Gasteiger partial charge in [-0.05, 0) is 24.3 Å². The molecule has 0 bridgehead atoms. The molecule has 0 aliphatic heterocycles. The predicted molar refractivity (Wildman–Crippen MR) is 116 cm³/mol. The van der Waals surface area contributed by atoms with E-state index in [2.05, 4.69) is 30.2 Å². The Morgan fingerprint density at radius 1 is 1.12 bits per heavy atom. The summed E-state index contributed by atoms with van der Waals surface area (Å²) in [5.74, 6) is -1.22. The Morgan fingerprint density at radius 2 is 1.85 bits per heavy atom. The van der Waals surface area contributed by atoms with Gasteiger partial charge >= 0.3 is 12.1 Å². The van der Waals surface area contributed by atoms with E-state index in [4.69, 9.17) is 21.4 Å². The van der Waals surface area contributed by atoms with Gasteiger partial charge in [0.05, 0.1) is 39.8 Å². The van der Waals surface area contributed by atoms with Crippen molar-refractivity contribution in [2.24, 2.45) is 0 Å². The monoisotopic (exact) mass is 490 g/mol. The van der Waals surface area contributed by atoms with Crippen molar-refractivity contribution in [2.45, 2.75) is 12.8 Å². The Bertz CT molecular complexity index is 1380. The molecule has 34 heavy (non-hydrogen) atoms. The molecular weight excluding hydrogens is 477 g/mol. The summed E-state index contributed by atoms with van der Waals surface area (Å²) < 4.78 is 43.5. The molecule has 4 rings (SSSR count). The molecule has 0 aliphatic rings. The Balaban J connectivity index is 1.75. The normalized spacial score (nSPS) is 11.6. The molecule has 0 spiro atoms. The molecule has 2 N–H and O–H groups in total. The van der Waals surface area contributed by atoms with Gasteiger partial charge in [-0.3, -0.25) is 4.98 Å². The quantitative estimate of drug-likeness (QED) is 0.394. The minimum atomic E-state index is -4.55. The van der Waals surface area contributed by atoms with Gasteiger partial charge in [0.25, 0.3) is 0 Å². The van der Waals surface area contributed by atoms with E-state index in [9.17, 15) is 18.0 Å². The lowest BCUT2D eigenvalue weighted by Crippen LogP contribution is -2.08. The number of carboxylic acids is 1. The number of anilines is 2. The second-order valence-corrected chi connectivity index (χ2v) is 7.35. The number of aromatic carboxylic acids is 1. The fourth-order valence-corrected chi connectivity index (χ4v) is 3.28. The zero-order valence-electron chi connectivity index (χ0n) is 17.3. The lowest BCUT2D eigenvalue weighted by Gasteiger charge is -2.12. The van der Waals surface area contributed by atoms with Crippen LogP contribution in [-0.4, -0.2) is 43.1 Å². The van der Waals surface area contributed by atoms with Gasteiger partial charge < -0.3 is 15.2 Å². The van der Waals surface area contributed by atoms with E-state index in [1.165, 1.54) is 19.4 Å². The van der Waals surface area contributed by atoms with Crippen molar-refractivity contribution in [3.05, 3.63) is 64.7 Å². The number of nitrogens with zero attached hydrogens (tertiary/aromatic N) is 5. The molecule has 4 heterocycles. The number of carbonyl (C=O) groups is 1. The Kier molecular flexibility index (Phi) is 6.26. The van der Waals surface area contributed by atoms with Gasteiger partial charge in [-0.2, -0.15) is 13.2 Å². The predicted octanol–water partition coefficient (Wildman–Crippen LogP) is 4.74. The maximum absolute atomic E-state index is 12.8. The fraction of sp³-hybridized carbons (Fsp3) is 0.143. The number of alkyl halides is 3. The second-order valence-electron chi connectivity index (χ2n) is 6.94. The summed E-state index contributed by atoms with van der Waals surface area (Å²) in [6.07, 6.45) is -2.02. The minimum absolute atomic E-state index is 0.0538. The molecule has 174 valence electrons. The maximum atomic E-state index is 12.8. The molecule has 9 nitrogen and oxygen atoms in total. The number of carboxylic acid groups (broad SMARTS) is 1. The third kappa shape index (κ3) is 4.87. The van der Waals surface area contributed by atoms with Crippen molar-refractivity contribution in [3.8, 4) is 11.4 Å². The molecule has 0 unspecified atom stereocenters. The molecule has 0 saturated heterocycles. The molecular formula is C21H14ClF3N6O3. The average molecular weight is 491 g/mol. The number of rotatable bonds is 6. The SMILES string of the molecule is COCc1cc(Nc2ncc(C(F)(F)F)cn2)c2ccc(-c3ncc(C(=O)O)cc3Cl)nc2n1. The second kappa shape index (κ2) is 9.15. The van der Waals surface area contributed by atoms with Crippen LogP contribution in [0.15, 0.2) is 42.9 Å². The van der Waals surface area contributed by atoms with Gasteiger partial charge in [0.2, 0.25) is 5.95 Å². The van der Waals surface area contributed by atoms with Crippen LogP contribution in [-0.2, 0) is 17.5 Å². The van der Waals surface area contributed by atoms with Crippen molar-refractivity contribution in [1.29, 1.82) is 0 Å². The summed E-state index contributed by atoms with van der Waals surface area (Å²) in [6.45, 7) is 0.136. The minimum Gasteiger partial charge on any atom is -0.478 e. The molecule has 0 saturated carbocycles. The van der Waals surface area contributed by atoms with E-state index in [0.29, 0.717) is 34.9 Å². The standard InChI is InChI=1S/C21H14ClF3N6O3/c1-34-9-12-5-16(31-20-27-7-11(8-28-20)21(23,24)25)13-2-3-15(30-18(13)29-12)17-14(22)4-10(6-26-17)19(32)33/h2-8H,9H2,1H3,(H,32,33)(H,27,28,29,30,31). The van der Waals surface area contributed by atoms with Crippen LogP contribution in [0.4, 0.5) is 24.8 Å². The van der Waals surface area contributed by atoms with E-state index >= 15 is 0 Å². The summed E-state index contributed by atoms with van der Waals surface area (Å²) in [4.78, 5) is 31.6. The van der Waals surface area contributed by atoms with Crippen molar-refractivity contribution >= 4 is 40.2 Å². The van der Waals surface area contributed by atoms with Gasteiger partial charge in [-0.1, -0.05) is 11.6 Å². The first-order valence-corrected chi connectivity index (χ1v) is 9.88. The molecule has 0 aromatic carbocycles. The molecule has 0 radical (unpaired) electrons. The van der Waals surface area contributed by atoms with Crippen LogP contribution in [0, 0.1) is 0 Å². The number of nitrogens with one attached hydrogen (secondary N) is 1. The van der Waals surface area contributed by atoms with E-state index in [1.54, 1.807) is 18.2 Å². The summed E-state index contributed by atoms with van der Waals surface area (Å²) in [6, 6.07) is 6.17. The summed E-state index contributed by atoms with van der Waals surface area (Å²) >= 11 is 6.21. The lowest BCUT2D eigenvalue weighted by atomic mass is 10.1. The molecule has 0 fully saturated rings. The molecule has 0 aliphatic carbocycles. The van der Waals surface area contributed by atoms with Gasteiger partial charge in [0.15, 0.2) is 5.65 Å². The van der Waals surface area contributed by atoms with Crippen LogP contribution in [0.1, 0.15) is 21.6 Å². The van der Waals surface area contributed by atoms with Crippen LogP contribution >= 0.6 is 11.6 Å². The highest BCUT2D eigenvalue weighted by atomic mass is 35.5. The third-order valence-corrected chi connectivity index (χ3v) is 4.86. The molecule has 0 amide bonds. The Hall–Kier alpha value is -3.90. The van der Waals surface area contributed by atoms with E-state index in [0.717, 1.165) is 0 Å². The summed E-state index contributed by atoms with van der Waals surface area (Å²) in [5.41, 5.74) is 0.744. The first-order chi connectivity index (χ1) is 16.2. The Morgan fingerprint density at radius 3 is 2.47 bits per heavy atom. The van der Waals surface area contributed by atoms with Crippen molar-refractivity contribution in [1.82, 2.24) is 24.9 Å². The van der Waals surface area contributed by atoms with Crippen LogP contribution in [0.25, 0.3) is 22.4 Å². The molecule has 0 atom stereocenters. The number of halogens is 4. The molecule has 13 heteroatoms.